The van der Waals surface area contributed by atoms with Gasteiger partial charge in [-0.2, -0.15) is 0 Å². The van der Waals surface area contributed by atoms with Gasteiger partial charge in [-0.25, -0.2) is 0 Å². The number of hydrogen-bond donors (Lipinski definition) is 1. The number of methoxy groups -OCH3 is 1. The van der Waals surface area contributed by atoms with Crippen LogP contribution in [0.25, 0.3) is 0 Å². The van der Waals surface area contributed by atoms with Crippen molar-refractivity contribution in [3.05, 3.63) is 29.8 Å². The standard InChI is InChI=1S/C18H29NO/c1-13(2)15-9-5-7-11-17(15)19-14(3)16-10-6-8-12-18(16)20-4/h6,8,10,12-15,17,19H,5,7,9,11H2,1-4H3. The predicted molar refractivity (Wildman–Crippen MR) is 85.1 cm³/mol. The van der Waals surface area contributed by atoms with Gasteiger partial charge in [0.2, 0.25) is 0 Å². The molecule has 0 amide bonds. The van der Waals surface area contributed by atoms with Crippen molar-refractivity contribution >= 4 is 0 Å². The highest BCUT2D eigenvalue weighted by Crippen LogP contribution is 2.33. The van der Waals surface area contributed by atoms with E-state index in [1.165, 1.54) is 31.2 Å². The monoisotopic (exact) mass is 275 g/mol. The summed E-state index contributed by atoms with van der Waals surface area (Å²) in [4.78, 5) is 0. The first-order chi connectivity index (χ1) is 9.63. The summed E-state index contributed by atoms with van der Waals surface area (Å²) in [5.41, 5.74) is 1.27. The lowest BCUT2D eigenvalue weighted by Gasteiger charge is -2.37. The van der Waals surface area contributed by atoms with Crippen LogP contribution in [-0.2, 0) is 0 Å². The molecule has 20 heavy (non-hydrogen) atoms. The zero-order valence-electron chi connectivity index (χ0n) is 13.4. The topological polar surface area (TPSA) is 21.3 Å². The van der Waals surface area contributed by atoms with Crippen molar-refractivity contribution < 1.29 is 4.74 Å². The fourth-order valence-electron chi connectivity index (χ4n) is 3.60. The summed E-state index contributed by atoms with van der Waals surface area (Å²) in [5, 5.41) is 3.86. The summed E-state index contributed by atoms with van der Waals surface area (Å²) < 4.78 is 5.49. The summed E-state index contributed by atoms with van der Waals surface area (Å²) in [5.74, 6) is 2.56. The number of para-hydroxylation sites is 1. The molecule has 3 atom stereocenters. The molecule has 0 spiro atoms. The van der Waals surface area contributed by atoms with Crippen LogP contribution in [0.15, 0.2) is 24.3 Å². The lowest BCUT2D eigenvalue weighted by Crippen LogP contribution is -2.42. The summed E-state index contributed by atoms with van der Waals surface area (Å²) in [6, 6.07) is 9.33. The van der Waals surface area contributed by atoms with Crippen LogP contribution in [0.1, 0.15) is 58.1 Å². The molecule has 1 N–H and O–H groups in total. The smallest absolute Gasteiger partial charge is 0.123 e. The van der Waals surface area contributed by atoms with E-state index in [9.17, 15) is 0 Å². The molecule has 0 heterocycles. The molecular weight excluding hydrogens is 246 g/mol. The first-order valence-electron chi connectivity index (χ1n) is 8.02. The molecular formula is C18H29NO. The van der Waals surface area contributed by atoms with Gasteiger partial charge in [0.1, 0.15) is 5.75 Å². The quantitative estimate of drug-likeness (QED) is 0.850. The highest BCUT2D eigenvalue weighted by atomic mass is 16.5. The van der Waals surface area contributed by atoms with E-state index in [1.54, 1.807) is 7.11 Å². The molecule has 0 saturated heterocycles. The van der Waals surface area contributed by atoms with Gasteiger partial charge >= 0.3 is 0 Å². The minimum Gasteiger partial charge on any atom is -0.496 e. The Kier molecular flexibility index (Phi) is 5.47. The third-order valence-corrected chi connectivity index (χ3v) is 4.75. The zero-order chi connectivity index (χ0) is 14.5. The molecule has 2 rings (SSSR count). The van der Waals surface area contributed by atoms with Crippen molar-refractivity contribution in [1.29, 1.82) is 0 Å². The second-order valence-corrected chi connectivity index (χ2v) is 6.43. The Morgan fingerprint density at radius 1 is 1.10 bits per heavy atom. The van der Waals surface area contributed by atoms with Crippen molar-refractivity contribution in [2.45, 2.75) is 58.5 Å². The molecule has 0 radical (unpaired) electrons. The fraction of sp³-hybridized carbons (Fsp3) is 0.667. The molecule has 0 aromatic heterocycles. The number of benzene rings is 1. The minimum atomic E-state index is 0.343. The molecule has 2 nitrogen and oxygen atoms in total. The van der Waals surface area contributed by atoms with Crippen molar-refractivity contribution in [3.63, 3.8) is 0 Å². The molecule has 0 bridgehead atoms. The highest BCUT2D eigenvalue weighted by molar-refractivity contribution is 5.35. The lowest BCUT2D eigenvalue weighted by atomic mass is 9.77. The Morgan fingerprint density at radius 2 is 1.80 bits per heavy atom. The predicted octanol–water partition coefficient (Wildman–Crippen LogP) is 4.56. The Balaban J connectivity index is 2.07. The Labute approximate surface area is 123 Å². The molecule has 1 aromatic rings. The van der Waals surface area contributed by atoms with Gasteiger partial charge in [-0.1, -0.05) is 44.9 Å². The van der Waals surface area contributed by atoms with Gasteiger partial charge in [0.05, 0.1) is 7.11 Å². The number of ether oxygens (including phenoxy) is 1. The summed E-state index contributed by atoms with van der Waals surface area (Å²) in [6.07, 6.45) is 5.43. The Bertz CT molecular complexity index is 416. The molecule has 1 aliphatic carbocycles. The van der Waals surface area contributed by atoms with E-state index < -0.39 is 0 Å². The van der Waals surface area contributed by atoms with E-state index in [0.29, 0.717) is 12.1 Å². The maximum Gasteiger partial charge on any atom is 0.123 e. The van der Waals surface area contributed by atoms with Crippen LogP contribution in [0.4, 0.5) is 0 Å². The maximum atomic E-state index is 5.49. The second kappa shape index (κ2) is 7.12. The number of nitrogens with one attached hydrogen (secondary N) is 1. The fourth-order valence-corrected chi connectivity index (χ4v) is 3.60. The van der Waals surface area contributed by atoms with Gasteiger partial charge < -0.3 is 10.1 Å². The molecule has 1 aliphatic rings. The number of hydrogen-bond acceptors (Lipinski definition) is 2. The largest absolute Gasteiger partial charge is 0.496 e. The van der Waals surface area contributed by atoms with Gasteiger partial charge in [-0.05, 0) is 37.7 Å². The average molecular weight is 275 g/mol. The third kappa shape index (κ3) is 3.54. The molecule has 2 heteroatoms. The maximum absolute atomic E-state index is 5.49. The summed E-state index contributed by atoms with van der Waals surface area (Å²) in [7, 11) is 1.75. The molecule has 1 fully saturated rings. The van der Waals surface area contributed by atoms with Crippen LogP contribution in [0.2, 0.25) is 0 Å². The van der Waals surface area contributed by atoms with Gasteiger partial charge in [0, 0.05) is 17.6 Å². The SMILES string of the molecule is COc1ccccc1C(C)NC1CCCCC1C(C)C. The van der Waals surface area contributed by atoms with Gasteiger partial charge in [-0.15, -0.1) is 0 Å². The van der Waals surface area contributed by atoms with E-state index >= 15 is 0 Å². The Morgan fingerprint density at radius 3 is 2.50 bits per heavy atom. The Hall–Kier alpha value is -1.02. The molecule has 1 aromatic carbocycles. The van der Waals surface area contributed by atoms with Crippen LogP contribution >= 0.6 is 0 Å². The lowest BCUT2D eigenvalue weighted by molar-refractivity contribution is 0.194. The number of rotatable bonds is 5. The van der Waals surface area contributed by atoms with Crippen LogP contribution in [0.5, 0.6) is 5.75 Å². The van der Waals surface area contributed by atoms with Crippen molar-refractivity contribution in [2.75, 3.05) is 7.11 Å². The highest BCUT2D eigenvalue weighted by Gasteiger charge is 2.28. The summed E-state index contributed by atoms with van der Waals surface area (Å²) in [6.45, 7) is 6.97. The van der Waals surface area contributed by atoms with E-state index in [1.807, 2.05) is 12.1 Å². The van der Waals surface area contributed by atoms with Crippen molar-refractivity contribution in [3.8, 4) is 5.75 Å². The first kappa shape index (κ1) is 15.4. The van der Waals surface area contributed by atoms with Gasteiger partial charge in [0.25, 0.3) is 0 Å². The molecule has 1 saturated carbocycles. The van der Waals surface area contributed by atoms with Crippen molar-refractivity contribution in [2.24, 2.45) is 11.8 Å². The molecule has 0 aliphatic heterocycles. The first-order valence-corrected chi connectivity index (χ1v) is 8.02. The van der Waals surface area contributed by atoms with Crippen LogP contribution in [-0.4, -0.2) is 13.2 Å². The summed E-state index contributed by atoms with van der Waals surface area (Å²) >= 11 is 0. The third-order valence-electron chi connectivity index (χ3n) is 4.75. The molecule has 112 valence electrons. The van der Waals surface area contributed by atoms with Crippen LogP contribution in [0, 0.1) is 11.8 Å². The normalized spacial score (nSPS) is 24.6. The van der Waals surface area contributed by atoms with Crippen LogP contribution < -0.4 is 10.1 Å². The van der Waals surface area contributed by atoms with E-state index in [2.05, 4.69) is 38.2 Å². The van der Waals surface area contributed by atoms with Crippen LogP contribution in [0.3, 0.4) is 0 Å². The van der Waals surface area contributed by atoms with E-state index in [0.717, 1.165) is 17.6 Å². The van der Waals surface area contributed by atoms with Gasteiger partial charge in [0.15, 0.2) is 0 Å². The average Bonchev–Trinajstić information content (AvgIpc) is 2.47. The molecule has 3 unspecified atom stereocenters. The van der Waals surface area contributed by atoms with E-state index in [4.69, 9.17) is 4.74 Å². The van der Waals surface area contributed by atoms with Crippen molar-refractivity contribution in [1.82, 2.24) is 5.32 Å². The zero-order valence-corrected chi connectivity index (χ0v) is 13.4. The van der Waals surface area contributed by atoms with E-state index in [-0.39, 0.29) is 0 Å². The second-order valence-electron chi connectivity index (χ2n) is 6.43. The minimum absolute atomic E-state index is 0.343. The van der Waals surface area contributed by atoms with Gasteiger partial charge in [-0.3, -0.25) is 0 Å².